The van der Waals surface area contributed by atoms with Gasteiger partial charge in [-0.2, -0.15) is 0 Å². The summed E-state index contributed by atoms with van der Waals surface area (Å²) in [7, 11) is 0. The molecule has 1 saturated carbocycles. The molecule has 2 N–H and O–H groups in total. The minimum Gasteiger partial charge on any atom is -0.327 e. The molecule has 0 heterocycles. The van der Waals surface area contributed by atoms with Crippen molar-refractivity contribution in [2.45, 2.75) is 44.6 Å². The van der Waals surface area contributed by atoms with Gasteiger partial charge in [0, 0.05) is 12.5 Å². The number of carbonyl (C=O) groups excluding carboxylic acids is 1. The molecule has 1 atom stereocenters. The van der Waals surface area contributed by atoms with Crippen LogP contribution in [0.5, 0.6) is 0 Å². The standard InChI is InChI=1S/C9H16NO/c10-9(6-7-11)8-4-2-1-3-5-8/h8-9H,1-6,10H2. The highest BCUT2D eigenvalue weighted by atomic mass is 16.1. The minimum absolute atomic E-state index is 0.0767. The van der Waals surface area contributed by atoms with Gasteiger partial charge in [-0.3, -0.25) is 4.79 Å². The maximum absolute atomic E-state index is 10.1. The van der Waals surface area contributed by atoms with Crippen LogP contribution in [0.1, 0.15) is 38.5 Å². The van der Waals surface area contributed by atoms with Gasteiger partial charge in [0.05, 0.1) is 0 Å². The quantitative estimate of drug-likeness (QED) is 0.667. The number of hydrogen-bond acceptors (Lipinski definition) is 2. The minimum atomic E-state index is 0.0767. The monoisotopic (exact) mass is 154 g/mol. The Morgan fingerprint density at radius 3 is 2.55 bits per heavy atom. The largest absolute Gasteiger partial charge is 0.327 e. The molecular formula is C9H16NO. The zero-order valence-electron chi connectivity index (χ0n) is 6.88. The van der Waals surface area contributed by atoms with Crippen LogP contribution >= 0.6 is 0 Å². The summed E-state index contributed by atoms with van der Waals surface area (Å²) >= 11 is 0. The summed E-state index contributed by atoms with van der Waals surface area (Å²) in [6.07, 6.45) is 8.65. The fraction of sp³-hybridized carbons (Fsp3) is 0.889. The van der Waals surface area contributed by atoms with Crippen LogP contribution in [0.25, 0.3) is 0 Å². The molecule has 1 aliphatic carbocycles. The molecule has 11 heavy (non-hydrogen) atoms. The Kier molecular flexibility index (Phi) is 3.57. The smallest absolute Gasteiger partial charge is 0.199 e. The third-order valence-electron chi connectivity index (χ3n) is 2.57. The van der Waals surface area contributed by atoms with E-state index in [0.29, 0.717) is 12.3 Å². The van der Waals surface area contributed by atoms with Gasteiger partial charge in [-0.05, 0) is 18.8 Å². The highest BCUT2D eigenvalue weighted by molar-refractivity contribution is 5.51. The third-order valence-corrected chi connectivity index (χ3v) is 2.57. The van der Waals surface area contributed by atoms with Crippen molar-refractivity contribution in [2.75, 3.05) is 0 Å². The number of hydrogen-bond donors (Lipinski definition) is 1. The first-order valence-corrected chi connectivity index (χ1v) is 4.45. The van der Waals surface area contributed by atoms with E-state index in [-0.39, 0.29) is 6.04 Å². The van der Waals surface area contributed by atoms with Crippen molar-refractivity contribution in [3.05, 3.63) is 0 Å². The van der Waals surface area contributed by atoms with Gasteiger partial charge in [0.15, 0.2) is 6.29 Å². The Bertz CT molecular complexity index is 119. The van der Waals surface area contributed by atoms with Crippen molar-refractivity contribution in [2.24, 2.45) is 11.7 Å². The molecule has 2 nitrogen and oxygen atoms in total. The van der Waals surface area contributed by atoms with Gasteiger partial charge in [-0.25, -0.2) is 0 Å². The van der Waals surface area contributed by atoms with Gasteiger partial charge in [-0.15, -0.1) is 0 Å². The fourth-order valence-corrected chi connectivity index (χ4v) is 1.83. The molecule has 1 radical (unpaired) electrons. The average molecular weight is 154 g/mol. The Hall–Kier alpha value is -0.370. The van der Waals surface area contributed by atoms with Crippen LogP contribution in [0, 0.1) is 5.92 Å². The van der Waals surface area contributed by atoms with Crippen molar-refractivity contribution in [1.82, 2.24) is 0 Å². The lowest BCUT2D eigenvalue weighted by molar-refractivity contribution is 0.307. The molecule has 1 aliphatic rings. The van der Waals surface area contributed by atoms with E-state index in [0.717, 1.165) is 0 Å². The van der Waals surface area contributed by atoms with Gasteiger partial charge < -0.3 is 5.73 Å². The van der Waals surface area contributed by atoms with E-state index >= 15 is 0 Å². The predicted octanol–water partition coefficient (Wildman–Crippen LogP) is 1.39. The van der Waals surface area contributed by atoms with E-state index in [1.165, 1.54) is 32.1 Å². The molecule has 0 aromatic rings. The SMILES string of the molecule is NC(C[C]=O)C1CCCCC1. The summed E-state index contributed by atoms with van der Waals surface area (Å²) in [6, 6.07) is 0.0767. The summed E-state index contributed by atoms with van der Waals surface area (Å²) in [6.45, 7) is 0. The number of nitrogens with two attached hydrogens (primary N) is 1. The van der Waals surface area contributed by atoms with Crippen LogP contribution in [-0.2, 0) is 4.79 Å². The Balaban J connectivity index is 2.26. The molecule has 0 amide bonds. The highest BCUT2D eigenvalue weighted by Gasteiger charge is 2.19. The second kappa shape index (κ2) is 4.50. The Morgan fingerprint density at radius 2 is 2.00 bits per heavy atom. The maximum Gasteiger partial charge on any atom is 0.199 e. The molecule has 2 heteroatoms. The highest BCUT2D eigenvalue weighted by Crippen LogP contribution is 2.26. The van der Waals surface area contributed by atoms with Crippen molar-refractivity contribution >= 4 is 6.29 Å². The van der Waals surface area contributed by atoms with Crippen LogP contribution in [-0.4, -0.2) is 12.3 Å². The summed E-state index contributed by atoms with van der Waals surface area (Å²) in [5.41, 5.74) is 5.80. The van der Waals surface area contributed by atoms with E-state index in [1.807, 2.05) is 6.29 Å². The molecule has 0 spiro atoms. The molecule has 1 rings (SSSR count). The summed E-state index contributed by atoms with van der Waals surface area (Å²) in [5, 5.41) is 0. The summed E-state index contributed by atoms with van der Waals surface area (Å²) in [4.78, 5) is 10.1. The zero-order chi connectivity index (χ0) is 8.10. The molecule has 0 saturated heterocycles. The van der Waals surface area contributed by atoms with Gasteiger partial charge in [0.2, 0.25) is 0 Å². The van der Waals surface area contributed by atoms with Crippen LogP contribution in [0.4, 0.5) is 0 Å². The first kappa shape index (κ1) is 8.72. The lowest BCUT2D eigenvalue weighted by atomic mass is 9.83. The van der Waals surface area contributed by atoms with Gasteiger partial charge in [-0.1, -0.05) is 19.3 Å². The fourth-order valence-electron chi connectivity index (χ4n) is 1.83. The molecule has 0 aromatic heterocycles. The van der Waals surface area contributed by atoms with Crippen LogP contribution in [0.3, 0.4) is 0 Å². The lowest BCUT2D eigenvalue weighted by Gasteiger charge is -2.25. The molecule has 1 fully saturated rings. The molecule has 0 bridgehead atoms. The second-order valence-corrected chi connectivity index (χ2v) is 3.41. The van der Waals surface area contributed by atoms with Gasteiger partial charge >= 0.3 is 0 Å². The van der Waals surface area contributed by atoms with E-state index in [4.69, 9.17) is 5.73 Å². The van der Waals surface area contributed by atoms with Crippen LogP contribution in [0.2, 0.25) is 0 Å². The molecular weight excluding hydrogens is 138 g/mol. The Morgan fingerprint density at radius 1 is 1.36 bits per heavy atom. The maximum atomic E-state index is 10.1. The van der Waals surface area contributed by atoms with Crippen molar-refractivity contribution in [3.63, 3.8) is 0 Å². The predicted molar refractivity (Wildman–Crippen MR) is 44.9 cm³/mol. The van der Waals surface area contributed by atoms with Crippen molar-refractivity contribution in [3.8, 4) is 0 Å². The van der Waals surface area contributed by atoms with E-state index in [9.17, 15) is 4.79 Å². The first-order chi connectivity index (χ1) is 5.34. The van der Waals surface area contributed by atoms with Crippen molar-refractivity contribution in [1.29, 1.82) is 0 Å². The normalized spacial score (nSPS) is 23.0. The van der Waals surface area contributed by atoms with E-state index < -0.39 is 0 Å². The average Bonchev–Trinajstić information content (AvgIpc) is 2.07. The second-order valence-electron chi connectivity index (χ2n) is 3.41. The van der Waals surface area contributed by atoms with E-state index in [1.54, 1.807) is 0 Å². The topological polar surface area (TPSA) is 43.1 Å². The molecule has 0 aromatic carbocycles. The number of rotatable bonds is 3. The van der Waals surface area contributed by atoms with Crippen molar-refractivity contribution < 1.29 is 4.79 Å². The molecule has 0 aliphatic heterocycles. The van der Waals surface area contributed by atoms with E-state index in [2.05, 4.69) is 0 Å². The van der Waals surface area contributed by atoms with Gasteiger partial charge in [0.25, 0.3) is 0 Å². The lowest BCUT2D eigenvalue weighted by Crippen LogP contribution is -2.31. The first-order valence-electron chi connectivity index (χ1n) is 4.45. The van der Waals surface area contributed by atoms with Crippen LogP contribution < -0.4 is 5.73 Å². The van der Waals surface area contributed by atoms with Crippen LogP contribution in [0.15, 0.2) is 0 Å². The third kappa shape index (κ3) is 2.62. The Labute approximate surface area is 68.2 Å². The molecule has 1 unspecified atom stereocenters. The summed E-state index contributed by atoms with van der Waals surface area (Å²) < 4.78 is 0. The zero-order valence-corrected chi connectivity index (χ0v) is 6.88. The van der Waals surface area contributed by atoms with Gasteiger partial charge in [0.1, 0.15) is 0 Å². The summed E-state index contributed by atoms with van der Waals surface area (Å²) in [5.74, 6) is 0.588. The molecule has 63 valence electrons.